The lowest BCUT2D eigenvalue weighted by molar-refractivity contribution is 0.157. The van der Waals surface area contributed by atoms with Crippen molar-refractivity contribution in [1.82, 2.24) is 25.2 Å². The van der Waals surface area contributed by atoms with Crippen LogP contribution in [0.3, 0.4) is 0 Å². The number of hydrogen-bond donors (Lipinski definition) is 3. The van der Waals surface area contributed by atoms with E-state index in [1.165, 1.54) is 120 Å². The summed E-state index contributed by atoms with van der Waals surface area (Å²) in [5.74, 6) is 2.33. The summed E-state index contributed by atoms with van der Waals surface area (Å²) in [6.07, 6.45) is 10.4. The molecular formula is C42H63BFN5O. The van der Waals surface area contributed by atoms with E-state index >= 15 is 0 Å². The van der Waals surface area contributed by atoms with Gasteiger partial charge in [0, 0.05) is 25.2 Å². The molecule has 0 aromatic heterocycles. The molecule has 50 heavy (non-hydrogen) atoms. The number of likely N-dealkylation sites (tertiary alicyclic amines) is 2. The molecule has 8 heteroatoms. The Bertz CT molecular complexity index is 1310. The van der Waals surface area contributed by atoms with Gasteiger partial charge in [-0.1, -0.05) is 91.0 Å². The first-order valence-electron chi connectivity index (χ1n) is 19.6. The smallest absolute Gasteiger partial charge is 0.376 e. The standard InChI is InChI=1S/C16H25BN2O.C15H22N2.C11H15N.FH/c1-17(20)19-12-9-16(13-19)18-10-7-15(8-11-18)14-5-3-2-4-6-14;1-2-4-13(5-3-1)14-7-10-17(11-8-14)15-6-9-16-12-15;1-2-4-10(5-3-1)11-6-8-12-9-7-11;/h2-6,15-16,20H,7-13H2,1H3;1-5,14-16H,6-12H2;1-5,11-12H,6-9H2;1H. The summed E-state index contributed by atoms with van der Waals surface area (Å²) in [7, 11) is -0.290. The minimum absolute atomic E-state index is 0. The Morgan fingerprint density at radius 2 is 0.940 bits per heavy atom. The van der Waals surface area contributed by atoms with Gasteiger partial charge in [-0.15, -0.1) is 0 Å². The van der Waals surface area contributed by atoms with Crippen LogP contribution in [-0.4, -0.2) is 104 Å². The van der Waals surface area contributed by atoms with Crippen molar-refractivity contribution in [3.8, 4) is 0 Å². The molecule has 0 amide bonds. The Kier molecular flexibility index (Phi) is 15.8. The highest BCUT2D eigenvalue weighted by Gasteiger charge is 2.33. The first-order valence-corrected chi connectivity index (χ1v) is 19.6. The molecule has 0 bridgehead atoms. The molecule has 5 aliphatic heterocycles. The van der Waals surface area contributed by atoms with Crippen LogP contribution in [0, 0.1) is 0 Å². The van der Waals surface area contributed by atoms with Crippen molar-refractivity contribution >= 4 is 7.05 Å². The summed E-state index contributed by atoms with van der Waals surface area (Å²) in [4.78, 5) is 7.52. The minimum Gasteiger partial charge on any atom is -0.437 e. The summed E-state index contributed by atoms with van der Waals surface area (Å²) in [6.45, 7) is 13.7. The number of nitrogens with one attached hydrogen (secondary N) is 2. The zero-order valence-electron chi connectivity index (χ0n) is 30.5. The predicted molar refractivity (Wildman–Crippen MR) is 209 cm³/mol. The van der Waals surface area contributed by atoms with E-state index in [-0.39, 0.29) is 11.8 Å². The lowest BCUT2D eigenvalue weighted by atomic mass is 9.86. The highest BCUT2D eigenvalue weighted by molar-refractivity contribution is 6.45. The normalized spacial score (nSPS) is 24.4. The SMILES string of the molecule is CB(O)N1CCC(N2CCC(c3ccccc3)CC2)C1.F.c1ccc(C2CCN(C3CCNC3)CC2)cc1.c1ccc(C2CCNCC2)cc1. The fraction of sp³-hybridized carbons (Fsp3) is 0.571. The third-order valence-electron chi connectivity index (χ3n) is 12.0. The van der Waals surface area contributed by atoms with Crippen LogP contribution < -0.4 is 10.6 Å². The largest absolute Gasteiger partial charge is 0.437 e. The lowest BCUT2D eigenvalue weighted by Crippen LogP contribution is -2.44. The molecule has 6 nitrogen and oxygen atoms in total. The van der Waals surface area contributed by atoms with Gasteiger partial charge in [0.2, 0.25) is 0 Å². The van der Waals surface area contributed by atoms with E-state index in [9.17, 15) is 5.02 Å². The zero-order valence-corrected chi connectivity index (χ0v) is 30.5. The van der Waals surface area contributed by atoms with Crippen LogP contribution in [-0.2, 0) is 0 Å². The first-order chi connectivity index (χ1) is 24.1. The molecule has 0 aliphatic carbocycles. The second kappa shape index (κ2) is 20.5. The maximum absolute atomic E-state index is 9.67. The van der Waals surface area contributed by atoms with Crippen LogP contribution >= 0.6 is 0 Å². The second-order valence-electron chi connectivity index (χ2n) is 15.1. The van der Waals surface area contributed by atoms with E-state index in [4.69, 9.17) is 0 Å². The zero-order chi connectivity index (χ0) is 33.7. The average Bonchev–Trinajstić information content (AvgIpc) is 3.92. The second-order valence-corrected chi connectivity index (χ2v) is 15.1. The molecule has 0 saturated carbocycles. The van der Waals surface area contributed by atoms with Gasteiger partial charge in [-0.2, -0.15) is 0 Å². The Morgan fingerprint density at radius 3 is 1.34 bits per heavy atom. The van der Waals surface area contributed by atoms with Crippen molar-refractivity contribution in [3.05, 3.63) is 108 Å². The maximum Gasteiger partial charge on any atom is 0.376 e. The van der Waals surface area contributed by atoms with Gasteiger partial charge >= 0.3 is 7.05 Å². The van der Waals surface area contributed by atoms with Gasteiger partial charge in [0.1, 0.15) is 0 Å². The van der Waals surface area contributed by atoms with E-state index in [0.717, 1.165) is 36.9 Å². The van der Waals surface area contributed by atoms with E-state index < -0.39 is 0 Å². The van der Waals surface area contributed by atoms with Gasteiger partial charge in [-0.3, -0.25) is 14.5 Å². The number of nitrogens with zero attached hydrogens (tertiary/aromatic N) is 3. The molecule has 5 heterocycles. The molecule has 272 valence electrons. The minimum atomic E-state index is -0.290. The number of piperidine rings is 3. The van der Waals surface area contributed by atoms with Gasteiger partial charge < -0.3 is 20.5 Å². The summed E-state index contributed by atoms with van der Waals surface area (Å²) < 4.78 is 0. The first kappa shape index (κ1) is 38.6. The van der Waals surface area contributed by atoms with Gasteiger partial charge in [0.15, 0.2) is 0 Å². The molecule has 5 aliphatic rings. The number of hydrogen-bond acceptors (Lipinski definition) is 6. The van der Waals surface area contributed by atoms with Crippen LogP contribution in [0.15, 0.2) is 91.0 Å². The monoisotopic (exact) mass is 684 g/mol. The number of halogens is 1. The molecule has 2 unspecified atom stereocenters. The molecule has 5 fully saturated rings. The van der Waals surface area contributed by atoms with Crippen LogP contribution in [0.1, 0.15) is 85.8 Å². The molecule has 2 atom stereocenters. The van der Waals surface area contributed by atoms with Gasteiger partial charge in [0.25, 0.3) is 0 Å². The molecule has 3 aromatic carbocycles. The number of benzene rings is 3. The average molecular weight is 684 g/mol. The van der Waals surface area contributed by atoms with Crippen molar-refractivity contribution in [2.24, 2.45) is 0 Å². The van der Waals surface area contributed by atoms with E-state index in [2.05, 4.69) is 116 Å². The topological polar surface area (TPSA) is 54.0 Å². The summed E-state index contributed by atoms with van der Waals surface area (Å²) >= 11 is 0. The van der Waals surface area contributed by atoms with E-state index in [0.29, 0.717) is 6.04 Å². The highest BCUT2D eigenvalue weighted by atomic mass is 19.0. The molecule has 0 radical (unpaired) electrons. The molecule has 8 rings (SSSR count). The Morgan fingerprint density at radius 1 is 0.520 bits per heavy atom. The lowest BCUT2D eigenvalue weighted by Gasteiger charge is -2.36. The van der Waals surface area contributed by atoms with E-state index in [1.807, 2.05) is 6.82 Å². The van der Waals surface area contributed by atoms with Crippen molar-refractivity contribution in [2.75, 3.05) is 65.4 Å². The Balaban J connectivity index is 0.000000149. The molecule has 3 aromatic rings. The summed E-state index contributed by atoms with van der Waals surface area (Å²) in [6, 6.07) is 34.3. The van der Waals surface area contributed by atoms with Crippen molar-refractivity contribution in [1.29, 1.82) is 0 Å². The van der Waals surface area contributed by atoms with Crippen molar-refractivity contribution < 1.29 is 9.73 Å². The summed E-state index contributed by atoms with van der Waals surface area (Å²) in [5.41, 5.74) is 4.56. The number of rotatable bonds is 6. The van der Waals surface area contributed by atoms with E-state index in [1.54, 1.807) is 0 Å². The van der Waals surface area contributed by atoms with Crippen molar-refractivity contribution in [2.45, 2.75) is 88.0 Å². The molecular weight excluding hydrogens is 620 g/mol. The fourth-order valence-corrected chi connectivity index (χ4v) is 8.88. The quantitative estimate of drug-likeness (QED) is 0.255. The van der Waals surface area contributed by atoms with Gasteiger partial charge in [-0.05, 0) is 145 Å². The predicted octanol–water partition coefficient (Wildman–Crippen LogP) is 6.58. The van der Waals surface area contributed by atoms with Crippen molar-refractivity contribution in [3.63, 3.8) is 0 Å². The van der Waals surface area contributed by atoms with Crippen LogP contribution in [0.4, 0.5) is 4.70 Å². The van der Waals surface area contributed by atoms with Crippen LogP contribution in [0.25, 0.3) is 0 Å². The van der Waals surface area contributed by atoms with Gasteiger partial charge in [0.05, 0.1) is 0 Å². The Labute approximate surface area is 302 Å². The maximum atomic E-state index is 9.67. The fourth-order valence-electron chi connectivity index (χ4n) is 8.88. The molecule has 0 spiro atoms. The Hall–Kier alpha value is -2.59. The van der Waals surface area contributed by atoms with Crippen LogP contribution in [0.5, 0.6) is 0 Å². The summed E-state index contributed by atoms with van der Waals surface area (Å²) in [5, 5.41) is 16.5. The molecule has 5 saturated heterocycles. The third-order valence-corrected chi connectivity index (χ3v) is 12.0. The third kappa shape index (κ3) is 11.2. The van der Waals surface area contributed by atoms with Gasteiger partial charge in [-0.25, -0.2) is 0 Å². The highest BCUT2D eigenvalue weighted by Crippen LogP contribution is 2.31. The molecule has 3 N–H and O–H groups in total. The van der Waals surface area contributed by atoms with Crippen LogP contribution in [0.2, 0.25) is 6.82 Å².